The van der Waals surface area contributed by atoms with E-state index in [1.54, 1.807) is 12.1 Å². The molecule has 0 aliphatic carbocycles. The Morgan fingerprint density at radius 3 is 2.42 bits per heavy atom. The van der Waals surface area contributed by atoms with Gasteiger partial charge in [0.25, 0.3) is 5.91 Å². The Morgan fingerprint density at radius 1 is 0.865 bits per heavy atom. The zero-order valence-corrected chi connectivity index (χ0v) is 28.5. The molecule has 3 aliphatic heterocycles. The monoisotopic (exact) mass is 702 g/mol. The van der Waals surface area contributed by atoms with Crippen molar-refractivity contribution in [1.82, 2.24) is 14.5 Å². The second-order valence-electron chi connectivity index (χ2n) is 13.7. The zero-order valence-electron chi connectivity index (χ0n) is 28.5. The molecule has 5 aromatic rings. The van der Waals surface area contributed by atoms with Crippen LogP contribution in [0.3, 0.4) is 0 Å². The van der Waals surface area contributed by atoms with Crippen molar-refractivity contribution < 1.29 is 33.7 Å². The highest BCUT2D eigenvalue weighted by molar-refractivity contribution is 6.16. The van der Waals surface area contributed by atoms with Crippen LogP contribution in [0.4, 0.5) is 5.69 Å². The van der Waals surface area contributed by atoms with Gasteiger partial charge in [0.2, 0.25) is 0 Å². The first-order valence-corrected chi connectivity index (χ1v) is 17.5. The molecule has 2 fully saturated rings. The predicted octanol–water partition coefficient (Wildman–Crippen LogP) is 5.51. The summed E-state index contributed by atoms with van der Waals surface area (Å²) in [5.74, 6) is -1.98. The van der Waals surface area contributed by atoms with Crippen LogP contribution in [0.5, 0.6) is 0 Å². The van der Waals surface area contributed by atoms with Gasteiger partial charge >= 0.3 is 17.6 Å². The van der Waals surface area contributed by atoms with Crippen LogP contribution in [0.1, 0.15) is 86.0 Å². The molecular formula is C40H38N4O8. The van der Waals surface area contributed by atoms with Crippen LogP contribution in [0.15, 0.2) is 95.8 Å². The Morgan fingerprint density at radius 2 is 1.63 bits per heavy atom. The maximum Gasteiger partial charge on any atom is 0.346 e. The number of hydrogen-bond acceptors (Lipinski definition) is 9. The summed E-state index contributed by atoms with van der Waals surface area (Å²) in [5, 5.41) is 12.5. The van der Waals surface area contributed by atoms with E-state index in [0.29, 0.717) is 17.8 Å². The number of para-hydroxylation sites is 2. The van der Waals surface area contributed by atoms with Gasteiger partial charge in [0.05, 0.1) is 41.0 Å². The van der Waals surface area contributed by atoms with Crippen molar-refractivity contribution in [2.24, 2.45) is 5.92 Å². The van der Waals surface area contributed by atoms with Crippen LogP contribution in [0.25, 0.3) is 11.0 Å². The smallest absolute Gasteiger partial charge is 0.346 e. The number of aromatic amines is 1. The van der Waals surface area contributed by atoms with Gasteiger partial charge in [-0.3, -0.25) is 9.36 Å². The molecule has 0 radical (unpaired) electrons. The van der Waals surface area contributed by atoms with E-state index in [4.69, 9.17) is 9.47 Å². The second-order valence-corrected chi connectivity index (χ2v) is 13.7. The van der Waals surface area contributed by atoms with E-state index in [1.165, 1.54) is 18.2 Å². The number of carbonyl (C=O) groups is 3. The molecule has 52 heavy (non-hydrogen) atoms. The number of nitrogens with zero attached hydrogens (tertiary/aromatic N) is 2. The van der Waals surface area contributed by atoms with E-state index < -0.39 is 24.1 Å². The summed E-state index contributed by atoms with van der Waals surface area (Å²) in [6.07, 6.45) is 0.395. The van der Waals surface area contributed by atoms with Gasteiger partial charge in [-0.1, -0.05) is 55.5 Å². The number of carbonyl (C=O) groups excluding carboxylic acids is 3. The van der Waals surface area contributed by atoms with Crippen LogP contribution >= 0.6 is 0 Å². The number of rotatable bonds is 8. The molecule has 4 atom stereocenters. The summed E-state index contributed by atoms with van der Waals surface area (Å²) in [6, 6.07) is 27.1. The van der Waals surface area contributed by atoms with Gasteiger partial charge < -0.3 is 34.5 Å². The number of piperidine rings is 1. The van der Waals surface area contributed by atoms with Crippen LogP contribution in [-0.2, 0) is 20.8 Å². The normalized spacial score (nSPS) is 22.3. The minimum Gasteiger partial charge on any atom is -0.392 e. The fourth-order valence-corrected chi connectivity index (χ4v) is 7.57. The number of benzene rings is 4. The number of aliphatic hydroxyl groups excluding tert-OH is 1. The number of cyclic esters (lactones) is 2. The highest BCUT2D eigenvalue weighted by Crippen LogP contribution is 2.42. The lowest BCUT2D eigenvalue weighted by Gasteiger charge is -2.44. The van der Waals surface area contributed by atoms with E-state index >= 15 is 0 Å². The quantitative estimate of drug-likeness (QED) is 0.140. The van der Waals surface area contributed by atoms with Gasteiger partial charge in [0.15, 0.2) is 6.29 Å². The van der Waals surface area contributed by atoms with Crippen molar-refractivity contribution in [3.8, 4) is 0 Å². The van der Waals surface area contributed by atoms with E-state index in [1.807, 2.05) is 65.2 Å². The fraction of sp³-hybridized carbons (Fsp3) is 0.300. The largest absolute Gasteiger partial charge is 0.392 e. The molecule has 266 valence electrons. The lowest BCUT2D eigenvalue weighted by Crippen LogP contribution is -2.47. The van der Waals surface area contributed by atoms with Gasteiger partial charge in [0.1, 0.15) is 0 Å². The Balaban J connectivity index is 1.00. The van der Waals surface area contributed by atoms with Crippen molar-refractivity contribution >= 4 is 34.6 Å². The van der Waals surface area contributed by atoms with Crippen LogP contribution < -0.4 is 11.0 Å². The number of nitrogens with one attached hydrogen (secondary N) is 2. The number of esters is 2. The Bertz CT molecular complexity index is 2220. The summed E-state index contributed by atoms with van der Waals surface area (Å²) in [4.78, 5) is 55.4. The van der Waals surface area contributed by atoms with Crippen LogP contribution in [-0.4, -0.2) is 63.1 Å². The number of aromatic nitrogens is 2. The average Bonchev–Trinajstić information content (AvgIpc) is 3.66. The molecule has 4 aromatic carbocycles. The summed E-state index contributed by atoms with van der Waals surface area (Å²) in [7, 11) is 0. The van der Waals surface area contributed by atoms with Crippen molar-refractivity contribution in [2.45, 2.75) is 50.9 Å². The standard InChI is InChI=1S/C40H38N4O8/c1-23-34(21-43-17-15-29(16-18-43)44-33-8-3-2-7-32(33)42-40(44)49)50-39(51-35(23)25-11-9-24(22-45)10-12-25)27-5-4-6-28(19-27)41-36(46)26-13-14-30-31(20-26)38(48)52-37(30)47/h2-14,19-20,23,29,34-35,39,45H,15-18,21-22H2,1H3,(H,41,46)(H,42,49). The van der Waals surface area contributed by atoms with E-state index in [9.17, 15) is 24.3 Å². The number of aliphatic hydroxyl groups is 1. The summed E-state index contributed by atoms with van der Waals surface area (Å²) in [6.45, 7) is 4.35. The Hall–Kier alpha value is -5.40. The van der Waals surface area contributed by atoms with Crippen LogP contribution in [0.2, 0.25) is 0 Å². The Labute approximate surface area is 298 Å². The molecule has 0 spiro atoms. The molecule has 1 amide bonds. The summed E-state index contributed by atoms with van der Waals surface area (Å²) >= 11 is 0. The maximum atomic E-state index is 13.2. The fourth-order valence-electron chi connectivity index (χ4n) is 7.57. The number of hydrogen-bond donors (Lipinski definition) is 3. The third kappa shape index (κ3) is 6.46. The lowest BCUT2D eigenvalue weighted by atomic mass is 9.89. The van der Waals surface area contributed by atoms with Gasteiger partial charge in [-0.2, -0.15) is 0 Å². The number of ether oxygens (including phenoxy) is 3. The van der Waals surface area contributed by atoms with Gasteiger partial charge in [0, 0.05) is 48.4 Å². The van der Waals surface area contributed by atoms with Crippen molar-refractivity contribution in [2.75, 3.05) is 25.0 Å². The number of fused-ring (bicyclic) bond motifs is 2. The molecule has 12 heteroatoms. The van der Waals surface area contributed by atoms with Gasteiger partial charge in [-0.15, -0.1) is 0 Å². The first-order valence-electron chi connectivity index (χ1n) is 17.5. The average molecular weight is 703 g/mol. The van der Waals surface area contributed by atoms with E-state index in [-0.39, 0.29) is 53.2 Å². The molecule has 1 aromatic heterocycles. The number of imidazole rings is 1. The lowest BCUT2D eigenvalue weighted by molar-refractivity contribution is -0.276. The molecule has 2 saturated heterocycles. The molecule has 3 aliphatic rings. The minimum absolute atomic E-state index is 0.0218. The van der Waals surface area contributed by atoms with Crippen LogP contribution in [0, 0.1) is 5.92 Å². The number of anilines is 1. The second kappa shape index (κ2) is 14.0. The predicted molar refractivity (Wildman–Crippen MR) is 191 cm³/mol. The topological polar surface area (TPSA) is 152 Å². The first kappa shape index (κ1) is 33.7. The SMILES string of the molecule is CC1C(CN2CCC(n3c(=O)[nH]c4ccccc43)CC2)OC(c2cccc(NC(=O)c3ccc4c(c3)C(=O)OC4=O)c2)OC1c1ccc(CO)cc1. The van der Waals surface area contributed by atoms with Crippen molar-refractivity contribution in [3.63, 3.8) is 0 Å². The van der Waals surface area contributed by atoms with E-state index in [0.717, 1.165) is 48.1 Å². The molecule has 0 bridgehead atoms. The van der Waals surface area contributed by atoms with E-state index in [2.05, 4.69) is 26.9 Å². The van der Waals surface area contributed by atoms with Gasteiger partial charge in [-0.05, 0) is 66.4 Å². The highest BCUT2D eigenvalue weighted by Gasteiger charge is 2.40. The summed E-state index contributed by atoms with van der Waals surface area (Å²) in [5.41, 5.74) is 5.10. The van der Waals surface area contributed by atoms with Crippen molar-refractivity contribution in [1.29, 1.82) is 0 Å². The molecule has 3 N–H and O–H groups in total. The number of H-pyrrole nitrogens is 1. The minimum atomic E-state index is -0.776. The summed E-state index contributed by atoms with van der Waals surface area (Å²) < 4.78 is 19.9. The molecule has 8 rings (SSSR count). The number of likely N-dealkylation sites (tertiary alicyclic amines) is 1. The molecular weight excluding hydrogens is 664 g/mol. The molecule has 4 heterocycles. The number of amides is 1. The van der Waals surface area contributed by atoms with Crippen molar-refractivity contribution in [3.05, 3.63) is 135 Å². The zero-order chi connectivity index (χ0) is 35.9. The highest BCUT2D eigenvalue weighted by atomic mass is 16.7. The third-order valence-corrected chi connectivity index (χ3v) is 10.4. The molecule has 0 saturated carbocycles. The first-order chi connectivity index (χ1) is 25.2. The molecule has 12 nitrogen and oxygen atoms in total. The molecule has 4 unspecified atom stereocenters. The Kier molecular flexibility index (Phi) is 9.06. The van der Waals surface area contributed by atoms with Gasteiger partial charge in [-0.25, -0.2) is 14.4 Å². The maximum absolute atomic E-state index is 13.2. The third-order valence-electron chi connectivity index (χ3n) is 10.4.